The molecule has 0 bridgehead atoms. The van der Waals surface area contributed by atoms with Crippen LogP contribution in [0.1, 0.15) is 20.3 Å². The van der Waals surface area contributed by atoms with Gasteiger partial charge in [0.1, 0.15) is 5.75 Å². The maximum Gasteiger partial charge on any atom is 0.247 e. The van der Waals surface area contributed by atoms with E-state index in [4.69, 9.17) is 4.74 Å². The average molecular weight is 342 g/mol. The van der Waals surface area contributed by atoms with Crippen molar-refractivity contribution in [3.8, 4) is 5.75 Å². The van der Waals surface area contributed by atoms with Gasteiger partial charge < -0.3 is 19.9 Å². The van der Waals surface area contributed by atoms with Crippen LogP contribution in [0.4, 0.5) is 17.5 Å². The molecule has 1 unspecified atom stereocenters. The fourth-order valence-electron chi connectivity index (χ4n) is 2.89. The zero-order chi connectivity index (χ0) is 17.6. The molecule has 0 radical (unpaired) electrons. The van der Waals surface area contributed by atoms with Crippen molar-refractivity contribution in [2.24, 2.45) is 0 Å². The lowest BCUT2D eigenvalue weighted by Crippen LogP contribution is -2.47. The highest BCUT2D eigenvalue weighted by Crippen LogP contribution is 2.28. The molecule has 2 aromatic rings. The number of nitrogens with zero attached hydrogens (tertiary/aromatic N) is 5. The number of aromatic nitrogens is 3. The van der Waals surface area contributed by atoms with Gasteiger partial charge in [-0.05, 0) is 25.5 Å². The lowest BCUT2D eigenvalue weighted by atomic mass is 10.2. The van der Waals surface area contributed by atoms with E-state index in [1.165, 1.54) is 0 Å². The Morgan fingerprint density at radius 1 is 1.16 bits per heavy atom. The van der Waals surface area contributed by atoms with E-state index in [1.54, 1.807) is 13.3 Å². The van der Waals surface area contributed by atoms with Crippen molar-refractivity contribution in [2.45, 2.75) is 26.3 Å². The normalized spacial score (nSPS) is 15.8. The second-order valence-electron chi connectivity index (χ2n) is 6.24. The fraction of sp³-hybridized carbons (Fsp3) is 0.500. The molecule has 1 aromatic heterocycles. The van der Waals surface area contributed by atoms with Gasteiger partial charge in [-0.15, -0.1) is 5.10 Å². The first-order valence-electron chi connectivity index (χ1n) is 8.80. The Morgan fingerprint density at radius 2 is 1.88 bits per heavy atom. The number of hydrogen-bond donors (Lipinski definition) is 1. The van der Waals surface area contributed by atoms with Crippen molar-refractivity contribution in [2.75, 3.05) is 48.4 Å². The lowest BCUT2D eigenvalue weighted by molar-refractivity contribution is 0.413. The highest BCUT2D eigenvalue weighted by atomic mass is 16.5. The second kappa shape index (κ2) is 8.00. The van der Waals surface area contributed by atoms with Crippen molar-refractivity contribution in [3.63, 3.8) is 0 Å². The molecule has 1 N–H and O–H groups in total. The summed E-state index contributed by atoms with van der Waals surface area (Å²) in [7, 11) is 1.71. The Kier molecular flexibility index (Phi) is 5.53. The molecule has 1 saturated heterocycles. The van der Waals surface area contributed by atoms with Crippen molar-refractivity contribution >= 4 is 17.5 Å². The Balaban J connectivity index is 1.65. The maximum atomic E-state index is 5.48. The van der Waals surface area contributed by atoms with Crippen molar-refractivity contribution < 1.29 is 4.74 Å². The third-order valence-corrected chi connectivity index (χ3v) is 4.54. The van der Waals surface area contributed by atoms with Crippen LogP contribution in [0.3, 0.4) is 0 Å². The predicted octanol–water partition coefficient (Wildman–Crippen LogP) is 2.42. The minimum atomic E-state index is 0.368. The van der Waals surface area contributed by atoms with Crippen LogP contribution in [0.2, 0.25) is 0 Å². The van der Waals surface area contributed by atoms with Gasteiger partial charge in [-0.1, -0.05) is 19.1 Å². The van der Waals surface area contributed by atoms with Crippen LogP contribution in [-0.2, 0) is 0 Å². The molecule has 25 heavy (non-hydrogen) atoms. The largest absolute Gasteiger partial charge is 0.495 e. The molecule has 1 fully saturated rings. The Bertz CT molecular complexity index is 687. The number of anilines is 3. The van der Waals surface area contributed by atoms with Crippen molar-refractivity contribution in [3.05, 3.63) is 30.5 Å². The molecular weight excluding hydrogens is 316 g/mol. The molecule has 7 heteroatoms. The van der Waals surface area contributed by atoms with Gasteiger partial charge >= 0.3 is 0 Å². The van der Waals surface area contributed by atoms with Gasteiger partial charge in [0.25, 0.3) is 0 Å². The Morgan fingerprint density at radius 3 is 2.60 bits per heavy atom. The van der Waals surface area contributed by atoms with E-state index in [0.29, 0.717) is 12.0 Å². The Hall–Kier alpha value is -2.57. The molecule has 1 atom stereocenters. The minimum absolute atomic E-state index is 0.368. The first kappa shape index (κ1) is 17.3. The molecule has 1 aliphatic heterocycles. The number of ether oxygens (including phenoxy) is 1. The van der Waals surface area contributed by atoms with Crippen LogP contribution in [-0.4, -0.2) is 54.5 Å². The molecule has 2 heterocycles. The standard InChI is InChI=1S/C18H26N6O/c1-4-14(2)20-17-13-19-22-18(21-17)24-11-9-23(10-12-24)15-7-5-6-8-16(15)25-3/h5-8,13-14H,4,9-12H2,1-3H3,(H,20,21,22). The van der Waals surface area contributed by atoms with E-state index >= 15 is 0 Å². The number of rotatable bonds is 6. The molecular formula is C18H26N6O. The van der Waals surface area contributed by atoms with Crippen LogP contribution < -0.4 is 19.9 Å². The SMILES string of the molecule is CCC(C)Nc1cnnc(N2CCN(c3ccccc3OC)CC2)n1. The highest BCUT2D eigenvalue weighted by Gasteiger charge is 2.21. The number of hydrogen-bond acceptors (Lipinski definition) is 7. The molecule has 134 valence electrons. The summed E-state index contributed by atoms with van der Waals surface area (Å²) in [5.74, 6) is 2.38. The summed E-state index contributed by atoms with van der Waals surface area (Å²) < 4.78 is 5.48. The molecule has 1 aliphatic rings. The fourth-order valence-corrected chi connectivity index (χ4v) is 2.89. The summed E-state index contributed by atoms with van der Waals surface area (Å²) in [5, 5.41) is 11.7. The van der Waals surface area contributed by atoms with Gasteiger partial charge in [0.2, 0.25) is 5.95 Å². The number of benzene rings is 1. The van der Waals surface area contributed by atoms with Crippen LogP contribution in [0.15, 0.2) is 30.5 Å². The number of nitrogens with one attached hydrogen (secondary N) is 1. The Labute approximate surface area is 149 Å². The van der Waals surface area contributed by atoms with E-state index in [1.807, 2.05) is 18.2 Å². The summed E-state index contributed by atoms with van der Waals surface area (Å²) in [4.78, 5) is 9.13. The second-order valence-corrected chi connectivity index (χ2v) is 6.24. The summed E-state index contributed by atoms with van der Waals surface area (Å²) in [6.07, 6.45) is 2.72. The van der Waals surface area contributed by atoms with Crippen molar-refractivity contribution in [1.29, 1.82) is 0 Å². The number of piperazine rings is 1. The molecule has 0 amide bonds. The summed E-state index contributed by atoms with van der Waals surface area (Å²) in [5.41, 5.74) is 1.14. The van der Waals surface area contributed by atoms with Crippen LogP contribution in [0.5, 0.6) is 5.75 Å². The van der Waals surface area contributed by atoms with Gasteiger partial charge in [-0.25, -0.2) is 0 Å². The molecule has 1 aromatic carbocycles. The third kappa shape index (κ3) is 4.10. The number of methoxy groups -OCH3 is 1. The molecule has 0 spiro atoms. The van der Waals surface area contributed by atoms with Crippen LogP contribution in [0.25, 0.3) is 0 Å². The van der Waals surface area contributed by atoms with Crippen LogP contribution >= 0.6 is 0 Å². The highest BCUT2D eigenvalue weighted by molar-refractivity contribution is 5.59. The van der Waals surface area contributed by atoms with E-state index < -0.39 is 0 Å². The van der Waals surface area contributed by atoms with Gasteiger partial charge in [-0.3, -0.25) is 0 Å². The zero-order valence-corrected chi connectivity index (χ0v) is 15.1. The zero-order valence-electron chi connectivity index (χ0n) is 15.1. The third-order valence-electron chi connectivity index (χ3n) is 4.54. The molecule has 0 aliphatic carbocycles. The van der Waals surface area contributed by atoms with Gasteiger partial charge in [0.05, 0.1) is 19.0 Å². The minimum Gasteiger partial charge on any atom is -0.495 e. The smallest absolute Gasteiger partial charge is 0.247 e. The van der Waals surface area contributed by atoms with E-state index in [-0.39, 0.29) is 0 Å². The topological polar surface area (TPSA) is 66.4 Å². The van der Waals surface area contributed by atoms with E-state index in [0.717, 1.165) is 49.9 Å². The van der Waals surface area contributed by atoms with Gasteiger partial charge in [-0.2, -0.15) is 10.1 Å². The summed E-state index contributed by atoms with van der Waals surface area (Å²) in [6, 6.07) is 8.50. The first-order valence-corrected chi connectivity index (χ1v) is 8.80. The predicted molar refractivity (Wildman–Crippen MR) is 101 cm³/mol. The summed E-state index contributed by atoms with van der Waals surface area (Å²) in [6.45, 7) is 7.77. The summed E-state index contributed by atoms with van der Waals surface area (Å²) >= 11 is 0. The van der Waals surface area contributed by atoms with Crippen molar-refractivity contribution in [1.82, 2.24) is 15.2 Å². The molecule has 3 rings (SSSR count). The first-order chi connectivity index (χ1) is 12.2. The number of para-hydroxylation sites is 2. The van der Waals surface area contributed by atoms with E-state index in [9.17, 15) is 0 Å². The molecule has 7 nitrogen and oxygen atoms in total. The van der Waals surface area contributed by atoms with Gasteiger partial charge in [0, 0.05) is 32.2 Å². The monoisotopic (exact) mass is 342 g/mol. The quantitative estimate of drug-likeness (QED) is 0.865. The van der Waals surface area contributed by atoms with E-state index in [2.05, 4.69) is 50.2 Å². The average Bonchev–Trinajstić information content (AvgIpc) is 2.68. The molecule has 0 saturated carbocycles. The maximum absolute atomic E-state index is 5.48. The van der Waals surface area contributed by atoms with Gasteiger partial charge in [0.15, 0.2) is 5.82 Å². The van der Waals surface area contributed by atoms with Crippen LogP contribution in [0, 0.1) is 0 Å². The lowest BCUT2D eigenvalue weighted by Gasteiger charge is -2.36.